The van der Waals surface area contributed by atoms with E-state index in [9.17, 15) is 5.11 Å². The normalized spacial score (nSPS) is 11.5. The molecule has 0 radical (unpaired) electrons. The highest BCUT2D eigenvalue weighted by Gasteiger charge is 2.04. The average molecular weight is 411 g/mol. The van der Waals surface area contributed by atoms with E-state index in [0.717, 1.165) is 16.1 Å². The van der Waals surface area contributed by atoms with Crippen molar-refractivity contribution in [3.8, 4) is 5.75 Å². The zero-order valence-corrected chi connectivity index (χ0v) is 14.2. The van der Waals surface area contributed by atoms with E-state index in [1.54, 1.807) is 11.3 Å². The number of hydrogen-bond donors (Lipinski definition) is 1. The van der Waals surface area contributed by atoms with Crippen LogP contribution in [0.15, 0.2) is 45.3 Å². The van der Waals surface area contributed by atoms with Gasteiger partial charge in [0, 0.05) is 0 Å². The lowest BCUT2D eigenvalue weighted by Crippen LogP contribution is -1.77. The molecule has 20 heavy (non-hydrogen) atoms. The first-order valence-electron chi connectivity index (χ1n) is 5.85. The van der Waals surface area contributed by atoms with Gasteiger partial charge in [-0.3, -0.25) is 0 Å². The van der Waals surface area contributed by atoms with E-state index in [4.69, 9.17) is 0 Å². The Labute approximate surface area is 137 Å². The van der Waals surface area contributed by atoms with Crippen molar-refractivity contribution >= 4 is 65.6 Å². The molecule has 1 heterocycles. The Bertz CT molecular complexity index is 754. The van der Waals surface area contributed by atoms with Crippen LogP contribution in [0, 0.1) is 0 Å². The van der Waals surface area contributed by atoms with Crippen LogP contribution in [0.25, 0.3) is 22.4 Å². The Morgan fingerprint density at radius 3 is 2.45 bits per heavy atom. The number of para-hydroxylation sites is 1. The molecule has 0 fully saturated rings. The summed E-state index contributed by atoms with van der Waals surface area (Å²) < 4.78 is 2.51. The number of aromatic hydroxyl groups is 1. The van der Waals surface area contributed by atoms with Gasteiger partial charge in [-0.2, -0.15) is 0 Å². The van der Waals surface area contributed by atoms with Crippen LogP contribution in [-0.2, 0) is 0 Å². The standard InChI is InChI=1S/C15H9Br2NOS/c16-10-7-9(8-11(17)15(10)19)5-6-14-18-12-3-1-2-4-13(12)20-14/h1-8,19H. The lowest BCUT2D eigenvalue weighted by molar-refractivity contribution is 0.468. The Morgan fingerprint density at radius 2 is 1.75 bits per heavy atom. The molecule has 0 saturated carbocycles. The Hall–Kier alpha value is -1.17. The van der Waals surface area contributed by atoms with Crippen molar-refractivity contribution < 1.29 is 5.11 Å². The van der Waals surface area contributed by atoms with Crippen molar-refractivity contribution in [3.05, 3.63) is 55.9 Å². The number of phenols is 1. The maximum Gasteiger partial charge on any atom is 0.143 e. The van der Waals surface area contributed by atoms with Crippen molar-refractivity contribution in [2.24, 2.45) is 0 Å². The molecule has 2 nitrogen and oxygen atoms in total. The highest BCUT2D eigenvalue weighted by atomic mass is 79.9. The minimum absolute atomic E-state index is 0.210. The van der Waals surface area contributed by atoms with Gasteiger partial charge in [-0.05, 0) is 67.8 Å². The van der Waals surface area contributed by atoms with Crippen LogP contribution in [0.5, 0.6) is 5.75 Å². The molecule has 2 aromatic carbocycles. The van der Waals surface area contributed by atoms with Crippen LogP contribution >= 0.6 is 43.2 Å². The number of benzene rings is 2. The molecule has 0 aliphatic heterocycles. The molecule has 0 atom stereocenters. The molecule has 5 heteroatoms. The van der Waals surface area contributed by atoms with Gasteiger partial charge in [0.2, 0.25) is 0 Å². The van der Waals surface area contributed by atoms with Crippen molar-refractivity contribution in [1.29, 1.82) is 0 Å². The number of phenolic OH excluding ortho intramolecular Hbond substituents is 1. The minimum Gasteiger partial charge on any atom is -0.506 e. The molecule has 100 valence electrons. The van der Waals surface area contributed by atoms with E-state index in [0.29, 0.717) is 8.95 Å². The molecule has 0 aliphatic rings. The number of aromatic nitrogens is 1. The molecule has 3 aromatic rings. The maximum atomic E-state index is 9.68. The van der Waals surface area contributed by atoms with E-state index in [1.807, 2.05) is 42.5 Å². The number of hydrogen-bond acceptors (Lipinski definition) is 3. The molecular weight excluding hydrogens is 402 g/mol. The van der Waals surface area contributed by atoms with Gasteiger partial charge < -0.3 is 5.11 Å². The summed E-state index contributed by atoms with van der Waals surface area (Å²) in [5, 5.41) is 10.6. The maximum absolute atomic E-state index is 9.68. The fourth-order valence-corrected chi connectivity index (χ4v) is 3.90. The quantitative estimate of drug-likeness (QED) is 0.587. The van der Waals surface area contributed by atoms with E-state index < -0.39 is 0 Å². The molecule has 0 unspecified atom stereocenters. The van der Waals surface area contributed by atoms with E-state index in [2.05, 4.69) is 42.9 Å². The van der Waals surface area contributed by atoms with Crippen LogP contribution in [0.3, 0.4) is 0 Å². The summed E-state index contributed by atoms with van der Waals surface area (Å²) in [4.78, 5) is 4.55. The van der Waals surface area contributed by atoms with Gasteiger partial charge in [-0.15, -0.1) is 11.3 Å². The summed E-state index contributed by atoms with van der Waals surface area (Å²) in [6, 6.07) is 11.8. The third-order valence-electron chi connectivity index (χ3n) is 2.77. The van der Waals surface area contributed by atoms with Gasteiger partial charge >= 0.3 is 0 Å². The Kier molecular flexibility index (Phi) is 3.92. The SMILES string of the molecule is Oc1c(Br)cc(C=Cc2nc3ccccc3s2)cc1Br. The molecule has 0 saturated heterocycles. The van der Waals surface area contributed by atoms with Gasteiger partial charge in [0.25, 0.3) is 0 Å². The molecule has 1 N–H and O–H groups in total. The molecule has 3 rings (SSSR count). The van der Waals surface area contributed by atoms with Crippen molar-refractivity contribution in [2.45, 2.75) is 0 Å². The summed E-state index contributed by atoms with van der Waals surface area (Å²) in [5.41, 5.74) is 2.01. The lowest BCUT2D eigenvalue weighted by atomic mass is 10.2. The number of fused-ring (bicyclic) bond motifs is 1. The third kappa shape index (κ3) is 2.80. The number of rotatable bonds is 2. The molecule has 0 spiro atoms. The predicted molar refractivity (Wildman–Crippen MR) is 92.1 cm³/mol. The second kappa shape index (κ2) is 5.68. The van der Waals surface area contributed by atoms with E-state index in [1.165, 1.54) is 4.70 Å². The Balaban J connectivity index is 1.93. The zero-order valence-electron chi connectivity index (χ0n) is 10.2. The monoisotopic (exact) mass is 409 g/mol. The summed E-state index contributed by atoms with van der Waals surface area (Å²) in [6.45, 7) is 0. The van der Waals surface area contributed by atoms with E-state index >= 15 is 0 Å². The summed E-state index contributed by atoms with van der Waals surface area (Å²) in [5.74, 6) is 0.210. The van der Waals surface area contributed by atoms with Gasteiger partial charge in [0.05, 0.1) is 19.2 Å². The van der Waals surface area contributed by atoms with Gasteiger partial charge in [-0.25, -0.2) is 4.98 Å². The second-order valence-corrected chi connectivity index (χ2v) is 6.96. The molecule has 1 aromatic heterocycles. The average Bonchev–Trinajstić information content (AvgIpc) is 2.85. The fourth-order valence-electron chi connectivity index (χ4n) is 1.81. The first kappa shape index (κ1) is 13.8. The van der Waals surface area contributed by atoms with Gasteiger partial charge in [-0.1, -0.05) is 18.2 Å². The van der Waals surface area contributed by atoms with Crippen LogP contribution in [-0.4, -0.2) is 10.1 Å². The van der Waals surface area contributed by atoms with Crippen molar-refractivity contribution in [2.75, 3.05) is 0 Å². The summed E-state index contributed by atoms with van der Waals surface area (Å²) >= 11 is 8.31. The van der Waals surface area contributed by atoms with Crippen LogP contribution in [0.2, 0.25) is 0 Å². The number of thiazole rings is 1. The van der Waals surface area contributed by atoms with E-state index in [-0.39, 0.29) is 5.75 Å². The van der Waals surface area contributed by atoms with Gasteiger partial charge in [0.1, 0.15) is 10.8 Å². The van der Waals surface area contributed by atoms with Crippen LogP contribution in [0.4, 0.5) is 0 Å². The highest BCUT2D eigenvalue weighted by molar-refractivity contribution is 9.11. The number of nitrogens with zero attached hydrogens (tertiary/aromatic N) is 1. The van der Waals surface area contributed by atoms with Crippen molar-refractivity contribution in [1.82, 2.24) is 4.98 Å². The molecular formula is C15H9Br2NOS. The smallest absolute Gasteiger partial charge is 0.143 e. The van der Waals surface area contributed by atoms with Crippen molar-refractivity contribution in [3.63, 3.8) is 0 Å². The largest absolute Gasteiger partial charge is 0.506 e. The van der Waals surface area contributed by atoms with Crippen LogP contribution < -0.4 is 0 Å². The predicted octanol–water partition coefficient (Wildman–Crippen LogP) is 5.70. The summed E-state index contributed by atoms with van der Waals surface area (Å²) in [6.07, 6.45) is 3.96. The summed E-state index contributed by atoms with van der Waals surface area (Å²) in [7, 11) is 0. The highest BCUT2D eigenvalue weighted by Crippen LogP contribution is 2.34. The topological polar surface area (TPSA) is 33.1 Å². The minimum atomic E-state index is 0.210. The molecule has 0 amide bonds. The Morgan fingerprint density at radius 1 is 1.05 bits per heavy atom. The zero-order chi connectivity index (χ0) is 14.1. The third-order valence-corrected chi connectivity index (χ3v) is 4.98. The fraction of sp³-hybridized carbons (Fsp3) is 0. The van der Waals surface area contributed by atoms with Crippen LogP contribution in [0.1, 0.15) is 10.6 Å². The first-order chi connectivity index (χ1) is 9.63. The molecule has 0 aliphatic carbocycles. The lowest BCUT2D eigenvalue weighted by Gasteiger charge is -2.01. The second-order valence-electron chi connectivity index (χ2n) is 4.19. The molecule has 0 bridgehead atoms. The first-order valence-corrected chi connectivity index (χ1v) is 8.25. The van der Waals surface area contributed by atoms with Gasteiger partial charge in [0.15, 0.2) is 0 Å². The number of halogens is 2.